The largest absolute Gasteiger partial charge is 0.493 e. The molecule has 0 bridgehead atoms. The lowest BCUT2D eigenvalue weighted by atomic mass is 10.2. The zero-order valence-corrected chi connectivity index (χ0v) is 14.1. The number of aliphatic hydroxyl groups excluding tert-OH is 1. The summed E-state index contributed by atoms with van der Waals surface area (Å²) in [7, 11) is 0. The molecule has 1 heterocycles. The summed E-state index contributed by atoms with van der Waals surface area (Å²) in [5.41, 5.74) is 0.528. The average molecular weight is 379 g/mol. The number of carbonyl (C=O) groups excluding carboxylic acids is 1. The Labute approximate surface area is 148 Å². The number of nitrogens with zero attached hydrogens (tertiary/aromatic N) is 1. The number of rotatable bonds is 9. The lowest BCUT2D eigenvalue weighted by Crippen LogP contribution is -2.30. The van der Waals surface area contributed by atoms with Crippen LogP contribution in [0.2, 0.25) is 0 Å². The number of benzene rings is 1. The third kappa shape index (κ3) is 5.75. The van der Waals surface area contributed by atoms with Crippen LogP contribution in [0.3, 0.4) is 0 Å². The first-order valence-corrected chi connectivity index (χ1v) is 7.96. The molecule has 1 aliphatic rings. The highest BCUT2D eigenvalue weighted by Crippen LogP contribution is 2.26. The van der Waals surface area contributed by atoms with Gasteiger partial charge in [0.1, 0.15) is 5.75 Å². The molecule has 10 heteroatoms. The summed E-state index contributed by atoms with van der Waals surface area (Å²) in [5.74, 6) is 0.319. The van der Waals surface area contributed by atoms with Gasteiger partial charge in [-0.15, -0.1) is 0 Å². The summed E-state index contributed by atoms with van der Waals surface area (Å²) < 4.78 is 57.1. The number of alkyl halides is 3. The number of amides is 1. The molecule has 0 spiro atoms. The highest BCUT2D eigenvalue weighted by atomic mass is 19.4. The molecule has 2 rings (SSSR count). The van der Waals surface area contributed by atoms with Gasteiger partial charge in [0.15, 0.2) is 12.9 Å². The van der Waals surface area contributed by atoms with Crippen LogP contribution in [-0.2, 0) is 14.2 Å². The molecule has 1 saturated heterocycles. The third-order valence-corrected chi connectivity index (χ3v) is 3.51. The van der Waals surface area contributed by atoms with Crippen molar-refractivity contribution in [2.24, 2.45) is 0 Å². The molecule has 1 aromatic rings. The molecule has 2 atom stereocenters. The maximum atomic E-state index is 12.2. The van der Waals surface area contributed by atoms with Crippen LogP contribution < -0.4 is 9.64 Å². The van der Waals surface area contributed by atoms with E-state index in [0.717, 1.165) is 0 Å². The van der Waals surface area contributed by atoms with Crippen molar-refractivity contribution in [3.8, 4) is 5.75 Å². The van der Waals surface area contributed by atoms with Gasteiger partial charge in [-0.3, -0.25) is 4.90 Å². The molecule has 1 N–H and O–H groups in total. The maximum absolute atomic E-state index is 12.2. The van der Waals surface area contributed by atoms with Gasteiger partial charge in [0.05, 0.1) is 13.2 Å². The Balaban J connectivity index is 1.82. The van der Waals surface area contributed by atoms with E-state index >= 15 is 0 Å². The van der Waals surface area contributed by atoms with Crippen molar-refractivity contribution in [2.75, 3.05) is 31.5 Å². The molecule has 146 valence electrons. The SMILES string of the molecule is CCOCOC1CN(c2ccc(OCC[C@@H](O)C(F)(F)F)cc2)C(=O)O1. The van der Waals surface area contributed by atoms with Crippen molar-refractivity contribution < 1.29 is 42.0 Å². The molecule has 0 saturated carbocycles. The number of aliphatic hydroxyl groups is 1. The normalized spacial score (nSPS) is 18.7. The zero-order chi connectivity index (χ0) is 19.2. The molecule has 1 aromatic carbocycles. The Bertz CT molecular complexity index is 580. The van der Waals surface area contributed by atoms with Crippen molar-refractivity contribution >= 4 is 11.8 Å². The van der Waals surface area contributed by atoms with Crippen LogP contribution in [0.25, 0.3) is 0 Å². The fourth-order valence-electron chi connectivity index (χ4n) is 2.12. The standard InChI is InChI=1S/C16H20F3NO6/c1-2-23-10-25-14-9-20(15(22)26-14)11-3-5-12(6-4-11)24-8-7-13(21)16(17,18)19/h3-6,13-14,21H,2,7-10H2,1H3/t13-,14?/m1/s1. The lowest BCUT2D eigenvalue weighted by Gasteiger charge is -2.16. The van der Waals surface area contributed by atoms with Crippen molar-refractivity contribution in [1.82, 2.24) is 0 Å². The Morgan fingerprint density at radius 1 is 1.35 bits per heavy atom. The van der Waals surface area contributed by atoms with Gasteiger partial charge in [-0.05, 0) is 31.2 Å². The van der Waals surface area contributed by atoms with Gasteiger partial charge >= 0.3 is 12.3 Å². The van der Waals surface area contributed by atoms with Crippen LogP contribution in [0.1, 0.15) is 13.3 Å². The number of hydrogen-bond donors (Lipinski definition) is 1. The molecular weight excluding hydrogens is 359 g/mol. The van der Waals surface area contributed by atoms with Gasteiger partial charge in [0.2, 0.25) is 6.29 Å². The second-order valence-corrected chi connectivity index (χ2v) is 5.39. The van der Waals surface area contributed by atoms with Crippen LogP contribution in [-0.4, -0.2) is 56.3 Å². The first-order chi connectivity index (χ1) is 12.3. The zero-order valence-electron chi connectivity index (χ0n) is 14.1. The second-order valence-electron chi connectivity index (χ2n) is 5.39. The molecule has 0 aromatic heterocycles. The fraction of sp³-hybridized carbons (Fsp3) is 0.562. The minimum atomic E-state index is -4.66. The van der Waals surface area contributed by atoms with Gasteiger partial charge in [-0.2, -0.15) is 13.2 Å². The van der Waals surface area contributed by atoms with Gasteiger partial charge in [0.25, 0.3) is 0 Å². The number of ether oxygens (including phenoxy) is 4. The molecule has 7 nitrogen and oxygen atoms in total. The van der Waals surface area contributed by atoms with E-state index in [1.165, 1.54) is 17.0 Å². The third-order valence-electron chi connectivity index (χ3n) is 3.51. The Morgan fingerprint density at radius 2 is 2.04 bits per heavy atom. The minimum absolute atomic E-state index is 0.0127. The summed E-state index contributed by atoms with van der Waals surface area (Å²) in [4.78, 5) is 13.2. The molecule has 0 aliphatic carbocycles. The lowest BCUT2D eigenvalue weighted by molar-refractivity contribution is -0.206. The summed E-state index contributed by atoms with van der Waals surface area (Å²) in [6.45, 7) is 2.19. The van der Waals surface area contributed by atoms with Gasteiger partial charge in [-0.25, -0.2) is 4.79 Å². The number of anilines is 1. The van der Waals surface area contributed by atoms with Crippen molar-refractivity contribution in [3.05, 3.63) is 24.3 Å². The quantitative estimate of drug-likeness (QED) is 0.525. The number of carbonyl (C=O) groups is 1. The molecule has 0 radical (unpaired) electrons. The van der Waals surface area contributed by atoms with Gasteiger partial charge in [0, 0.05) is 18.7 Å². The van der Waals surface area contributed by atoms with Crippen LogP contribution in [0.5, 0.6) is 5.75 Å². The predicted molar refractivity (Wildman–Crippen MR) is 83.8 cm³/mol. The van der Waals surface area contributed by atoms with Crippen molar-refractivity contribution in [1.29, 1.82) is 0 Å². The summed E-state index contributed by atoms with van der Waals surface area (Å²) in [6, 6.07) is 6.16. The summed E-state index contributed by atoms with van der Waals surface area (Å²) in [5, 5.41) is 8.90. The van der Waals surface area contributed by atoms with Gasteiger partial charge < -0.3 is 24.1 Å². The van der Waals surface area contributed by atoms with Crippen molar-refractivity contribution in [2.45, 2.75) is 31.9 Å². The van der Waals surface area contributed by atoms with Crippen LogP contribution in [0.15, 0.2) is 24.3 Å². The first kappa shape index (κ1) is 20.3. The Kier molecular flexibility index (Phi) is 7.06. The van der Waals surface area contributed by atoms with E-state index in [9.17, 15) is 18.0 Å². The topological polar surface area (TPSA) is 77.5 Å². The van der Waals surface area contributed by atoms with Crippen LogP contribution >= 0.6 is 0 Å². The molecule has 1 aliphatic heterocycles. The summed E-state index contributed by atoms with van der Waals surface area (Å²) in [6.07, 6.45) is -8.97. The van der Waals surface area contributed by atoms with E-state index in [-0.39, 0.29) is 19.9 Å². The van der Waals surface area contributed by atoms with E-state index in [0.29, 0.717) is 18.0 Å². The average Bonchev–Trinajstić information content (AvgIpc) is 2.95. The molecule has 1 amide bonds. The molecule has 1 fully saturated rings. The molecule has 26 heavy (non-hydrogen) atoms. The summed E-state index contributed by atoms with van der Waals surface area (Å²) >= 11 is 0. The van der Waals surface area contributed by atoms with Crippen LogP contribution in [0, 0.1) is 0 Å². The van der Waals surface area contributed by atoms with E-state index in [2.05, 4.69) is 0 Å². The number of halogens is 3. The molecule has 1 unspecified atom stereocenters. The highest BCUT2D eigenvalue weighted by Gasteiger charge is 2.37. The van der Waals surface area contributed by atoms with Crippen LogP contribution in [0.4, 0.5) is 23.7 Å². The Hall–Kier alpha value is -2.04. The van der Waals surface area contributed by atoms with E-state index in [1.807, 2.05) is 6.92 Å². The highest BCUT2D eigenvalue weighted by molar-refractivity contribution is 5.89. The Morgan fingerprint density at radius 3 is 2.65 bits per heavy atom. The maximum Gasteiger partial charge on any atom is 0.416 e. The number of hydrogen-bond acceptors (Lipinski definition) is 6. The van der Waals surface area contributed by atoms with E-state index in [4.69, 9.17) is 24.1 Å². The molecular formula is C16H20F3NO6. The second kappa shape index (κ2) is 9.06. The van der Waals surface area contributed by atoms with Gasteiger partial charge in [-0.1, -0.05) is 0 Å². The fourth-order valence-corrected chi connectivity index (χ4v) is 2.12. The van der Waals surface area contributed by atoms with Crippen molar-refractivity contribution in [3.63, 3.8) is 0 Å². The smallest absolute Gasteiger partial charge is 0.416 e. The first-order valence-electron chi connectivity index (χ1n) is 7.96. The minimum Gasteiger partial charge on any atom is -0.493 e. The van der Waals surface area contributed by atoms with E-state index < -0.39 is 31.1 Å². The predicted octanol–water partition coefficient (Wildman–Crippen LogP) is 2.67. The van der Waals surface area contributed by atoms with E-state index in [1.54, 1.807) is 12.1 Å². The number of cyclic esters (lactones) is 1. The monoisotopic (exact) mass is 379 g/mol.